The zero-order valence-corrected chi connectivity index (χ0v) is 19.3. The van der Waals surface area contributed by atoms with Crippen molar-refractivity contribution in [2.24, 2.45) is 7.05 Å². The minimum absolute atomic E-state index is 0.0413. The Morgan fingerprint density at radius 2 is 1.80 bits per heavy atom. The van der Waals surface area contributed by atoms with E-state index in [4.69, 9.17) is 10.5 Å². The molecule has 0 amide bonds. The largest absolute Gasteiger partial charge is 0.382 e. The van der Waals surface area contributed by atoms with E-state index in [1.807, 2.05) is 47.2 Å². The van der Waals surface area contributed by atoms with Crippen LogP contribution in [-0.2, 0) is 11.8 Å². The molecule has 0 aliphatic carbocycles. The molecule has 0 atom stereocenters. The predicted molar refractivity (Wildman–Crippen MR) is 134 cm³/mol. The molecule has 0 unspecified atom stereocenters. The van der Waals surface area contributed by atoms with Crippen molar-refractivity contribution in [3.8, 4) is 33.6 Å². The number of anilines is 1. The average Bonchev–Trinajstić information content (AvgIpc) is 3.52. The molecule has 1 aromatic carbocycles. The van der Waals surface area contributed by atoms with Crippen molar-refractivity contribution < 1.29 is 4.74 Å². The van der Waals surface area contributed by atoms with Crippen molar-refractivity contribution in [3.05, 3.63) is 77.6 Å². The van der Waals surface area contributed by atoms with Crippen LogP contribution >= 0.6 is 0 Å². The van der Waals surface area contributed by atoms with Gasteiger partial charge in [-0.25, -0.2) is 9.50 Å². The number of rotatable bonds is 4. The van der Waals surface area contributed by atoms with Crippen LogP contribution in [0, 0.1) is 0 Å². The first-order chi connectivity index (χ1) is 17.1. The number of hydrogen-bond donors (Lipinski definition) is 1. The Morgan fingerprint density at radius 3 is 2.63 bits per heavy atom. The summed E-state index contributed by atoms with van der Waals surface area (Å²) in [6.45, 7) is 1.46. The number of nitrogen functional groups attached to an aromatic ring is 1. The van der Waals surface area contributed by atoms with Crippen molar-refractivity contribution in [2.75, 3.05) is 18.9 Å². The van der Waals surface area contributed by atoms with E-state index in [1.54, 1.807) is 17.7 Å². The average molecular weight is 468 g/mol. The summed E-state index contributed by atoms with van der Waals surface area (Å²) in [6, 6.07) is 16.0. The molecule has 2 N–H and O–H groups in total. The maximum absolute atomic E-state index is 11.8. The van der Waals surface area contributed by atoms with Crippen LogP contribution in [0.5, 0.6) is 0 Å². The Hall–Kier alpha value is -4.24. The summed E-state index contributed by atoms with van der Waals surface area (Å²) in [5, 5.41) is 9.20. The molecule has 35 heavy (non-hydrogen) atoms. The van der Waals surface area contributed by atoms with Crippen LogP contribution in [0.1, 0.15) is 18.9 Å². The quantitative estimate of drug-likeness (QED) is 0.433. The molecular weight excluding hydrogens is 442 g/mol. The number of nitrogens with two attached hydrogens (primary N) is 1. The molecule has 0 saturated carbocycles. The van der Waals surface area contributed by atoms with E-state index >= 15 is 0 Å². The lowest BCUT2D eigenvalue weighted by molar-refractivity contribution is 0.0667. The minimum Gasteiger partial charge on any atom is -0.382 e. The van der Waals surface area contributed by atoms with E-state index in [1.165, 1.54) is 6.33 Å². The van der Waals surface area contributed by atoms with Gasteiger partial charge in [-0.05, 0) is 48.2 Å². The molecule has 5 aromatic rings. The first-order valence-electron chi connectivity index (χ1n) is 11.6. The number of ether oxygens (including phenoxy) is 1. The van der Waals surface area contributed by atoms with Crippen LogP contribution < -0.4 is 11.3 Å². The smallest absolute Gasteiger partial charge is 0.250 e. The van der Waals surface area contributed by atoms with Crippen LogP contribution in [0.15, 0.2) is 72.0 Å². The fraction of sp³-hybridized carbons (Fsp3) is 0.231. The van der Waals surface area contributed by atoms with E-state index in [-0.39, 0.29) is 11.6 Å². The Labute approximate surface area is 201 Å². The van der Waals surface area contributed by atoms with Gasteiger partial charge in [-0.3, -0.25) is 9.48 Å². The highest BCUT2D eigenvalue weighted by Gasteiger charge is 2.23. The fourth-order valence-corrected chi connectivity index (χ4v) is 4.84. The number of aromatic nitrogens is 6. The van der Waals surface area contributed by atoms with Gasteiger partial charge in [0.25, 0.3) is 0 Å². The molecule has 1 aliphatic heterocycles. The van der Waals surface area contributed by atoms with Gasteiger partial charge in [0.1, 0.15) is 11.8 Å². The lowest BCUT2D eigenvalue weighted by atomic mass is 10.0. The molecular formula is C26H25N7O2. The topological polar surface area (TPSA) is 105 Å². The van der Waals surface area contributed by atoms with E-state index < -0.39 is 0 Å². The van der Waals surface area contributed by atoms with Crippen molar-refractivity contribution in [2.45, 2.75) is 18.9 Å². The van der Waals surface area contributed by atoms with Crippen LogP contribution in [0.4, 0.5) is 5.82 Å². The predicted octanol–water partition coefficient (Wildman–Crippen LogP) is 3.56. The van der Waals surface area contributed by atoms with Gasteiger partial charge in [-0.2, -0.15) is 10.2 Å². The highest BCUT2D eigenvalue weighted by Crippen LogP contribution is 2.37. The standard InChI is InChI=1S/C26H25N7O2/c1-31-15-19(5-6-24(31)34)17-3-2-4-18(13-17)23-14-21(25-26(27)28-16-30-33(23)25)22-7-10-29-32(22)20-8-11-35-12-9-20/h2-7,10,13-16,20H,8-9,11-12H2,1H3,(H2,27,28,30). The number of benzene rings is 1. The molecule has 5 heterocycles. The number of aryl methyl sites for hydroxylation is 1. The third-order valence-electron chi connectivity index (χ3n) is 6.64. The summed E-state index contributed by atoms with van der Waals surface area (Å²) >= 11 is 0. The molecule has 4 aromatic heterocycles. The lowest BCUT2D eigenvalue weighted by Crippen LogP contribution is -2.21. The molecule has 1 aliphatic rings. The van der Waals surface area contributed by atoms with Crippen molar-refractivity contribution >= 4 is 11.3 Å². The second-order valence-corrected chi connectivity index (χ2v) is 8.80. The maximum atomic E-state index is 11.8. The molecule has 6 rings (SSSR count). The Balaban J connectivity index is 1.51. The second kappa shape index (κ2) is 8.52. The van der Waals surface area contributed by atoms with Gasteiger partial charge in [0.2, 0.25) is 5.56 Å². The molecule has 0 radical (unpaired) electrons. The van der Waals surface area contributed by atoms with E-state index in [2.05, 4.69) is 32.0 Å². The first-order valence-corrected chi connectivity index (χ1v) is 11.6. The highest BCUT2D eigenvalue weighted by molar-refractivity contribution is 5.91. The molecule has 1 saturated heterocycles. The summed E-state index contributed by atoms with van der Waals surface area (Å²) in [4.78, 5) is 16.1. The number of fused-ring (bicyclic) bond motifs is 1. The number of pyridine rings is 1. The Morgan fingerprint density at radius 1 is 0.971 bits per heavy atom. The van der Waals surface area contributed by atoms with Gasteiger partial charge >= 0.3 is 0 Å². The van der Waals surface area contributed by atoms with Crippen LogP contribution in [0.25, 0.3) is 39.2 Å². The zero-order chi connectivity index (χ0) is 23.9. The number of hydrogen-bond acceptors (Lipinski definition) is 6. The van der Waals surface area contributed by atoms with Gasteiger partial charge in [-0.1, -0.05) is 18.2 Å². The minimum atomic E-state index is -0.0413. The van der Waals surface area contributed by atoms with Gasteiger partial charge in [0.05, 0.1) is 17.4 Å². The maximum Gasteiger partial charge on any atom is 0.250 e. The van der Waals surface area contributed by atoms with Crippen LogP contribution in [-0.4, -0.2) is 42.2 Å². The van der Waals surface area contributed by atoms with E-state index in [0.29, 0.717) is 5.82 Å². The first kappa shape index (κ1) is 21.3. The van der Waals surface area contributed by atoms with E-state index in [0.717, 1.165) is 65.2 Å². The lowest BCUT2D eigenvalue weighted by Gasteiger charge is -2.24. The Kier molecular flexibility index (Phi) is 5.18. The summed E-state index contributed by atoms with van der Waals surface area (Å²) in [6.07, 6.45) is 6.98. The van der Waals surface area contributed by atoms with Crippen LogP contribution in [0.3, 0.4) is 0 Å². The second-order valence-electron chi connectivity index (χ2n) is 8.80. The van der Waals surface area contributed by atoms with Crippen LogP contribution in [0.2, 0.25) is 0 Å². The SMILES string of the molecule is Cn1cc(-c2cccc(-c3cc(-c4ccnn4C4CCOCC4)c4c(N)ncnn34)c2)ccc1=O. The molecule has 0 bridgehead atoms. The summed E-state index contributed by atoms with van der Waals surface area (Å²) in [5.74, 6) is 0.412. The summed E-state index contributed by atoms with van der Waals surface area (Å²) in [5.41, 5.74) is 12.9. The van der Waals surface area contributed by atoms with E-state index in [9.17, 15) is 4.79 Å². The summed E-state index contributed by atoms with van der Waals surface area (Å²) in [7, 11) is 1.75. The zero-order valence-electron chi connectivity index (χ0n) is 19.3. The third-order valence-corrected chi connectivity index (χ3v) is 6.64. The Bertz CT molecular complexity index is 1590. The molecule has 176 valence electrons. The van der Waals surface area contributed by atoms with Crippen molar-refractivity contribution in [3.63, 3.8) is 0 Å². The molecule has 0 spiro atoms. The molecule has 9 heteroatoms. The van der Waals surface area contributed by atoms with Gasteiger partial charge in [-0.15, -0.1) is 0 Å². The summed E-state index contributed by atoms with van der Waals surface area (Å²) < 4.78 is 11.1. The monoisotopic (exact) mass is 467 g/mol. The van der Waals surface area contributed by atoms with Gasteiger partial charge in [0.15, 0.2) is 5.82 Å². The van der Waals surface area contributed by atoms with Crippen molar-refractivity contribution in [1.82, 2.24) is 28.9 Å². The third kappa shape index (κ3) is 3.70. The number of nitrogens with zero attached hydrogens (tertiary/aromatic N) is 6. The highest BCUT2D eigenvalue weighted by atomic mass is 16.5. The normalized spacial score (nSPS) is 14.5. The van der Waals surface area contributed by atoms with Crippen molar-refractivity contribution in [1.29, 1.82) is 0 Å². The van der Waals surface area contributed by atoms with Gasteiger partial charge < -0.3 is 15.0 Å². The molecule has 9 nitrogen and oxygen atoms in total. The molecule has 1 fully saturated rings. The van der Waals surface area contributed by atoms with Gasteiger partial charge in [0, 0.05) is 49.8 Å². The fourth-order valence-electron chi connectivity index (χ4n) is 4.84.